The van der Waals surface area contributed by atoms with Crippen LogP contribution >= 0.6 is 12.4 Å². The van der Waals surface area contributed by atoms with E-state index in [4.69, 9.17) is 0 Å². The molecule has 0 aromatic heterocycles. The minimum absolute atomic E-state index is 0. The lowest BCUT2D eigenvalue weighted by molar-refractivity contribution is -0.122. The summed E-state index contributed by atoms with van der Waals surface area (Å²) in [5.74, 6) is 0.119. The van der Waals surface area contributed by atoms with E-state index in [1.54, 1.807) is 0 Å². The van der Waals surface area contributed by atoms with Gasteiger partial charge in [0.1, 0.15) is 0 Å². The number of benzene rings is 1. The van der Waals surface area contributed by atoms with Crippen LogP contribution < -0.4 is 10.6 Å². The Kier molecular flexibility index (Phi) is 7.72. The number of aryl methyl sites for hydroxylation is 1. The molecule has 1 saturated heterocycles. The summed E-state index contributed by atoms with van der Waals surface area (Å²) in [6.45, 7) is 5.21. The Morgan fingerprint density at radius 1 is 1.24 bits per heavy atom. The van der Waals surface area contributed by atoms with Gasteiger partial charge in [-0.1, -0.05) is 29.8 Å². The van der Waals surface area contributed by atoms with Crippen molar-refractivity contribution in [3.05, 3.63) is 35.4 Å². The van der Waals surface area contributed by atoms with Crippen LogP contribution in [0.1, 0.15) is 24.0 Å². The van der Waals surface area contributed by atoms with Crippen molar-refractivity contribution in [1.29, 1.82) is 0 Å². The molecule has 0 aliphatic carbocycles. The summed E-state index contributed by atoms with van der Waals surface area (Å²) in [5.41, 5.74) is 2.39. The maximum atomic E-state index is 11.9. The summed E-state index contributed by atoms with van der Waals surface area (Å²) in [4.78, 5) is 14.2. The van der Waals surface area contributed by atoms with Crippen LogP contribution in [0.25, 0.3) is 0 Å². The van der Waals surface area contributed by atoms with Gasteiger partial charge in [0.25, 0.3) is 0 Å². The second-order valence-electron chi connectivity index (χ2n) is 5.60. The molecule has 5 heteroatoms. The molecule has 4 nitrogen and oxygen atoms in total. The third-order valence-electron chi connectivity index (χ3n) is 3.97. The molecule has 1 heterocycles. The topological polar surface area (TPSA) is 44.4 Å². The van der Waals surface area contributed by atoms with Gasteiger partial charge in [-0.05, 0) is 32.4 Å². The van der Waals surface area contributed by atoms with E-state index in [1.165, 1.54) is 5.56 Å². The number of likely N-dealkylation sites (tertiary alicyclic amines) is 1. The molecule has 0 saturated carbocycles. The molecule has 1 amide bonds. The van der Waals surface area contributed by atoms with Crippen LogP contribution in [0.4, 0.5) is 0 Å². The highest BCUT2D eigenvalue weighted by atomic mass is 35.5. The highest BCUT2D eigenvalue weighted by Gasteiger charge is 2.19. The number of nitrogens with one attached hydrogen (secondary N) is 2. The first-order chi connectivity index (χ1) is 9.67. The summed E-state index contributed by atoms with van der Waals surface area (Å²) in [7, 11) is 2.01. The standard InChI is InChI=1S/C16H25N3O.ClH/c1-13-3-5-14(6-4-13)11-18-16(20)12-19-9-7-15(17-2)8-10-19;/h3-6,15,17H,7-12H2,1-2H3,(H,18,20);1H. The lowest BCUT2D eigenvalue weighted by atomic mass is 10.1. The van der Waals surface area contributed by atoms with Crippen LogP contribution in [0.2, 0.25) is 0 Å². The molecule has 118 valence electrons. The first-order valence-corrected chi connectivity index (χ1v) is 7.39. The summed E-state index contributed by atoms with van der Waals surface area (Å²) >= 11 is 0. The average Bonchev–Trinajstić information content (AvgIpc) is 2.47. The van der Waals surface area contributed by atoms with Crippen LogP contribution in [-0.4, -0.2) is 43.5 Å². The Bertz CT molecular complexity index is 428. The smallest absolute Gasteiger partial charge is 0.234 e. The second kappa shape index (κ2) is 9.03. The number of hydrogen-bond acceptors (Lipinski definition) is 3. The van der Waals surface area contributed by atoms with Gasteiger partial charge in [0.15, 0.2) is 0 Å². The van der Waals surface area contributed by atoms with Crippen LogP contribution in [0.3, 0.4) is 0 Å². The number of halogens is 1. The summed E-state index contributed by atoms with van der Waals surface area (Å²) in [5, 5.41) is 6.30. The van der Waals surface area contributed by atoms with E-state index >= 15 is 0 Å². The van der Waals surface area contributed by atoms with Crippen molar-refractivity contribution in [2.24, 2.45) is 0 Å². The fourth-order valence-corrected chi connectivity index (χ4v) is 2.55. The molecule has 2 rings (SSSR count). The quantitative estimate of drug-likeness (QED) is 0.870. The molecular weight excluding hydrogens is 286 g/mol. The number of nitrogens with zero attached hydrogens (tertiary/aromatic N) is 1. The molecule has 1 aliphatic heterocycles. The maximum absolute atomic E-state index is 11.9. The van der Waals surface area contributed by atoms with E-state index in [0.717, 1.165) is 31.5 Å². The number of amides is 1. The number of piperidine rings is 1. The van der Waals surface area contributed by atoms with E-state index in [0.29, 0.717) is 19.1 Å². The monoisotopic (exact) mass is 311 g/mol. The molecular formula is C16H26ClN3O. The summed E-state index contributed by atoms with van der Waals surface area (Å²) < 4.78 is 0. The van der Waals surface area contributed by atoms with Crippen molar-refractivity contribution >= 4 is 18.3 Å². The van der Waals surface area contributed by atoms with Crippen LogP contribution in [0.5, 0.6) is 0 Å². The highest BCUT2D eigenvalue weighted by molar-refractivity contribution is 5.85. The lowest BCUT2D eigenvalue weighted by Gasteiger charge is -2.31. The fraction of sp³-hybridized carbons (Fsp3) is 0.562. The second-order valence-corrected chi connectivity index (χ2v) is 5.60. The molecule has 1 aliphatic rings. The van der Waals surface area contributed by atoms with Crippen LogP contribution in [0.15, 0.2) is 24.3 Å². The van der Waals surface area contributed by atoms with Gasteiger partial charge in [0, 0.05) is 25.7 Å². The molecule has 1 aromatic rings. The van der Waals surface area contributed by atoms with Gasteiger partial charge in [-0.25, -0.2) is 0 Å². The average molecular weight is 312 g/mol. The summed E-state index contributed by atoms with van der Waals surface area (Å²) in [6.07, 6.45) is 2.25. The molecule has 2 N–H and O–H groups in total. The maximum Gasteiger partial charge on any atom is 0.234 e. The van der Waals surface area contributed by atoms with E-state index in [-0.39, 0.29) is 18.3 Å². The first kappa shape index (κ1) is 18.0. The zero-order valence-corrected chi connectivity index (χ0v) is 13.7. The minimum atomic E-state index is 0. The molecule has 21 heavy (non-hydrogen) atoms. The largest absolute Gasteiger partial charge is 0.351 e. The van der Waals surface area contributed by atoms with Crippen molar-refractivity contribution in [2.45, 2.75) is 32.4 Å². The third kappa shape index (κ3) is 6.04. The number of hydrogen-bond donors (Lipinski definition) is 2. The predicted octanol–water partition coefficient (Wildman–Crippen LogP) is 1.72. The molecule has 1 aromatic carbocycles. The minimum Gasteiger partial charge on any atom is -0.351 e. The molecule has 0 radical (unpaired) electrons. The Labute approximate surface area is 133 Å². The van der Waals surface area contributed by atoms with E-state index in [9.17, 15) is 4.79 Å². The molecule has 0 bridgehead atoms. The van der Waals surface area contributed by atoms with E-state index in [2.05, 4.69) is 46.7 Å². The number of rotatable bonds is 5. The molecule has 0 atom stereocenters. The van der Waals surface area contributed by atoms with Gasteiger partial charge in [-0.2, -0.15) is 0 Å². The normalized spacial score (nSPS) is 16.3. The number of carbonyl (C=O) groups is 1. The fourth-order valence-electron chi connectivity index (χ4n) is 2.55. The highest BCUT2D eigenvalue weighted by Crippen LogP contribution is 2.09. The van der Waals surface area contributed by atoms with Crippen molar-refractivity contribution in [3.63, 3.8) is 0 Å². The molecule has 0 spiro atoms. The van der Waals surface area contributed by atoms with E-state index in [1.807, 2.05) is 7.05 Å². The van der Waals surface area contributed by atoms with Gasteiger partial charge in [0.05, 0.1) is 6.54 Å². The summed E-state index contributed by atoms with van der Waals surface area (Å²) in [6, 6.07) is 8.89. The molecule has 1 fully saturated rings. The Balaban J connectivity index is 0.00000220. The van der Waals surface area contributed by atoms with Crippen molar-refractivity contribution in [2.75, 3.05) is 26.7 Å². The predicted molar refractivity (Wildman–Crippen MR) is 88.8 cm³/mol. The SMILES string of the molecule is CNC1CCN(CC(=O)NCc2ccc(C)cc2)CC1.Cl. The van der Waals surface area contributed by atoms with Gasteiger partial charge >= 0.3 is 0 Å². The van der Waals surface area contributed by atoms with Gasteiger partial charge in [0.2, 0.25) is 5.91 Å². The van der Waals surface area contributed by atoms with Crippen LogP contribution in [-0.2, 0) is 11.3 Å². The van der Waals surface area contributed by atoms with Crippen molar-refractivity contribution in [3.8, 4) is 0 Å². The first-order valence-electron chi connectivity index (χ1n) is 7.39. The lowest BCUT2D eigenvalue weighted by Crippen LogP contribution is -2.45. The van der Waals surface area contributed by atoms with E-state index < -0.39 is 0 Å². The molecule has 0 unspecified atom stereocenters. The Morgan fingerprint density at radius 3 is 2.43 bits per heavy atom. The third-order valence-corrected chi connectivity index (χ3v) is 3.97. The van der Waals surface area contributed by atoms with Crippen molar-refractivity contribution in [1.82, 2.24) is 15.5 Å². The van der Waals surface area contributed by atoms with Crippen LogP contribution in [0, 0.1) is 6.92 Å². The van der Waals surface area contributed by atoms with Gasteiger partial charge in [-0.15, -0.1) is 12.4 Å². The van der Waals surface area contributed by atoms with Crippen molar-refractivity contribution < 1.29 is 4.79 Å². The van der Waals surface area contributed by atoms with Gasteiger partial charge in [-0.3, -0.25) is 9.69 Å². The number of carbonyl (C=O) groups excluding carboxylic acids is 1. The zero-order chi connectivity index (χ0) is 14.4. The zero-order valence-electron chi connectivity index (χ0n) is 12.9. The Hall–Kier alpha value is -1.10. The van der Waals surface area contributed by atoms with Gasteiger partial charge < -0.3 is 10.6 Å². The Morgan fingerprint density at radius 2 is 1.86 bits per heavy atom.